The van der Waals surface area contributed by atoms with Gasteiger partial charge in [0, 0.05) is 10.9 Å². The van der Waals surface area contributed by atoms with Gasteiger partial charge >= 0.3 is 0 Å². The second-order valence-corrected chi connectivity index (χ2v) is 4.73. The van der Waals surface area contributed by atoms with Gasteiger partial charge in [0.05, 0.1) is 20.5 Å². The summed E-state index contributed by atoms with van der Waals surface area (Å²) in [5.74, 6) is 1.48. The van der Waals surface area contributed by atoms with Crippen LogP contribution in [0, 0.1) is 0 Å². The van der Waals surface area contributed by atoms with Crippen molar-refractivity contribution < 1.29 is 19.0 Å². The SMILES string of the molecule is COc1ccc([C@H](O)c2coc3ccc(OC)cc23)cc1. The topological polar surface area (TPSA) is 51.8 Å². The first-order valence-corrected chi connectivity index (χ1v) is 6.60. The van der Waals surface area contributed by atoms with Crippen LogP contribution >= 0.6 is 0 Å². The van der Waals surface area contributed by atoms with E-state index in [2.05, 4.69) is 0 Å². The van der Waals surface area contributed by atoms with E-state index >= 15 is 0 Å². The molecular formula is C17H16O4. The van der Waals surface area contributed by atoms with Gasteiger partial charge in [-0.3, -0.25) is 0 Å². The summed E-state index contributed by atoms with van der Waals surface area (Å²) in [6, 6.07) is 12.8. The van der Waals surface area contributed by atoms with Crippen molar-refractivity contribution in [1.29, 1.82) is 0 Å². The maximum absolute atomic E-state index is 10.6. The first-order valence-electron chi connectivity index (χ1n) is 6.60. The third-order valence-corrected chi connectivity index (χ3v) is 3.54. The van der Waals surface area contributed by atoms with Gasteiger partial charge in [-0.15, -0.1) is 0 Å². The summed E-state index contributed by atoms with van der Waals surface area (Å²) >= 11 is 0. The largest absolute Gasteiger partial charge is 0.497 e. The number of ether oxygens (including phenoxy) is 2. The molecule has 0 spiro atoms. The van der Waals surface area contributed by atoms with Gasteiger partial charge in [-0.2, -0.15) is 0 Å². The Labute approximate surface area is 122 Å². The molecule has 3 aromatic rings. The van der Waals surface area contributed by atoms with Gasteiger partial charge in [0.2, 0.25) is 0 Å². The molecule has 108 valence electrons. The molecule has 3 rings (SSSR count). The summed E-state index contributed by atoms with van der Waals surface area (Å²) in [6.45, 7) is 0. The number of methoxy groups -OCH3 is 2. The zero-order valence-electron chi connectivity index (χ0n) is 11.9. The molecule has 0 aliphatic heterocycles. The fraction of sp³-hybridized carbons (Fsp3) is 0.176. The second kappa shape index (κ2) is 5.50. The molecule has 4 heteroatoms. The van der Waals surface area contributed by atoms with Crippen LogP contribution < -0.4 is 9.47 Å². The monoisotopic (exact) mass is 284 g/mol. The van der Waals surface area contributed by atoms with Crippen LogP contribution in [0.15, 0.2) is 53.1 Å². The summed E-state index contributed by atoms with van der Waals surface area (Å²) < 4.78 is 15.8. The van der Waals surface area contributed by atoms with Gasteiger partial charge in [0.15, 0.2) is 0 Å². The molecule has 1 aromatic heterocycles. The summed E-state index contributed by atoms with van der Waals surface area (Å²) in [5.41, 5.74) is 2.22. The van der Waals surface area contributed by atoms with Crippen LogP contribution in [0.4, 0.5) is 0 Å². The van der Waals surface area contributed by atoms with Crippen molar-refractivity contribution in [2.45, 2.75) is 6.10 Å². The molecule has 4 nitrogen and oxygen atoms in total. The number of rotatable bonds is 4. The molecule has 0 aliphatic rings. The Morgan fingerprint density at radius 2 is 1.62 bits per heavy atom. The lowest BCUT2D eigenvalue weighted by Gasteiger charge is -2.10. The highest BCUT2D eigenvalue weighted by Crippen LogP contribution is 2.33. The minimum absolute atomic E-state index is 0.717. The van der Waals surface area contributed by atoms with Crippen LogP contribution in [0.3, 0.4) is 0 Å². The van der Waals surface area contributed by atoms with Gasteiger partial charge in [-0.25, -0.2) is 0 Å². The summed E-state index contributed by atoms with van der Waals surface area (Å²) in [5, 5.41) is 11.4. The molecule has 1 N–H and O–H groups in total. The van der Waals surface area contributed by atoms with Crippen molar-refractivity contribution in [2.75, 3.05) is 14.2 Å². The average molecular weight is 284 g/mol. The van der Waals surface area contributed by atoms with Crippen molar-refractivity contribution in [3.8, 4) is 11.5 Å². The summed E-state index contributed by atoms with van der Waals surface area (Å²) in [4.78, 5) is 0. The zero-order valence-corrected chi connectivity index (χ0v) is 11.9. The Morgan fingerprint density at radius 1 is 0.952 bits per heavy atom. The lowest BCUT2D eigenvalue weighted by Crippen LogP contribution is -1.98. The van der Waals surface area contributed by atoms with E-state index in [4.69, 9.17) is 13.9 Å². The fourth-order valence-corrected chi connectivity index (χ4v) is 2.33. The van der Waals surface area contributed by atoms with Crippen LogP contribution in [0.1, 0.15) is 17.2 Å². The predicted octanol–water partition coefficient (Wildman–Crippen LogP) is 3.53. The molecule has 0 bridgehead atoms. The Hall–Kier alpha value is -2.46. The highest BCUT2D eigenvalue weighted by atomic mass is 16.5. The van der Waals surface area contributed by atoms with Crippen molar-refractivity contribution in [3.63, 3.8) is 0 Å². The van der Waals surface area contributed by atoms with E-state index in [-0.39, 0.29) is 0 Å². The van der Waals surface area contributed by atoms with E-state index in [0.717, 1.165) is 28.0 Å². The molecule has 1 heterocycles. The van der Waals surface area contributed by atoms with Crippen LogP contribution in [-0.2, 0) is 0 Å². The molecule has 0 saturated heterocycles. The van der Waals surface area contributed by atoms with E-state index in [9.17, 15) is 5.11 Å². The van der Waals surface area contributed by atoms with Crippen molar-refractivity contribution in [2.24, 2.45) is 0 Å². The van der Waals surface area contributed by atoms with Crippen molar-refractivity contribution in [3.05, 3.63) is 59.9 Å². The van der Waals surface area contributed by atoms with E-state index in [0.29, 0.717) is 5.56 Å². The van der Waals surface area contributed by atoms with Crippen LogP contribution in [-0.4, -0.2) is 19.3 Å². The molecule has 0 amide bonds. The summed E-state index contributed by atoms with van der Waals surface area (Å²) in [7, 11) is 3.22. The quantitative estimate of drug-likeness (QED) is 0.796. The molecule has 0 unspecified atom stereocenters. The highest BCUT2D eigenvalue weighted by Gasteiger charge is 2.17. The molecular weight excluding hydrogens is 268 g/mol. The predicted molar refractivity (Wildman–Crippen MR) is 79.8 cm³/mol. The standard InChI is InChI=1S/C17H16O4/c1-19-12-5-3-11(4-6-12)17(18)15-10-21-16-8-7-13(20-2)9-14(15)16/h3-10,17-18H,1-2H3/t17-/m0/s1. The molecule has 0 saturated carbocycles. The number of aliphatic hydroxyl groups is 1. The number of hydrogen-bond acceptors (Lipinski definition) is 4. The highest BCUT2D eigenvalue weighted by molar-refractivity contribution is 5.83. The molecule has 0 aliphatic carbocycles. The number of aliphatic hydroxyl groups excluding tert-OH is 1. The van der Waals surface area contributed by atoms with E-state index < -0.39 is 6.10 Å². The van der Waals surface area contributed by atoms with Crippen LogP contribution in [0.25, 0.3) is 11.0 Å². The first kappa shape index (κ1) is 13.5. The van der Waals surface area contributed by atoms with Gasteiger partial charge in [-0.1, -0.05) is 12.1 Å². The number of hydrogen-bond donors (Lipinski definition) is 1. The molecule has 0 fully saturated rings. The normalized spacial score (nSPS) is 12.3. The smallest absolute Gasteiger partial charge is 0.134 e. The van der Waals surface area contributed by atoms with Crippen molar-refractivity contribution >= 4 is 11.0 Å². The maximum atomic E-state index is 10.6. The molecule has 21 heavy (non-hydrogen) atoms. The van der Waals surface area contributed by atoms with E-state index in [1.807, 2.05) is 42.5 Å². The van der Waals surface area contributed by atoms with Gasteiger partial charge in [0.1, 0.15) is 23.2 Å². The lowest BCUT2D eigenvalue weighted by atomic mass is 10.0. The molecule has 0 radical (unpaired) electrons. The number of fused-ring (bicyclic) bond motifs is 1. The maximum Gasteiger partial charge on any atom is 0.134 e. The minimum atomic E-state index is -0.760. The number of furan rings is 1. The Balaban J connectivity index is 2.01. The lowest BCUT2D eigenvalue weighted by molar-refractivity contribution is 0.220. The first-order chi connectivity index (χ1) is 10.2. The third-order valence-electron chi connectivity index (χ3n) is 3.54. The van der Waals surface area contributed by atoms with Gasteiger partial charge in [0.25, 0.3) is 0 Å². The average Bonchev–Trinajstić information content (AvgIpc) is 2.97. The van der Waals surface area contributed by atoms with Crippen LogP contribution in [0.2, 0.25) is 0 Å². The summed E-state index contributed by atoms with van der Waals surface area (Å²) in [6.07, 6.45) is 0.822. The van der Waals surface area contributed by atoms with Gasteiger partial charge in [-0.05, 0) is 35.9 Å². The Kier molecular flexibility index (Phi) is 3.54. The second-order valence-electron chi connectivity index (χ2n) is 4.73. The van der Waals surface area contributed by atoms with Gasteiger partial charge < -0.3 is 19.0 Å². The Morgan fingerprint density at radius 3 is 2.29 bits per heavy atom. The van der Waals surface area contributed by atoms with E-state index in [1.54, 1.807) is 20.5 Å². The zero-order chi connectivity index (χ0) is 14.8. The molecule has 2 aromatic carbocycles. The Bertz CT molecular complexity index is 743. The van der Waals surface area contributed by atoms with E-state index in [1.165, 1.54) is 0 Å². The molecule has 1 atom stereocenters. The van der Waals surface area contributed by atoms with Crippen molar-refractivity contribution in [1.82, 2.24) is 0 Å². The fourth-order valence-electron chi connectivity index (χ4n) is 2.33. The third kappa shape index (κ3) is 2.45. The minimum Gasteiger partial charge on any atom is -0.497 e. The van der Waals surface area contributed by atoms with Crippen LogP contribution in [0.5, 0.6) is 11.5 Å². The number of benzene rings is 2.